The maximum atomic E-state index is 13.1. The summed E-state index contributed by atoms with van der Waals surface area (Å²) in [4.78, 5) is 36.7. The highest BCUT2D eigenvalue weighted by atomic mass is 28.3. The normalized spacial score (nSPS) is 16.8. The molecule has 1 aliphatic heterocycles. The number of nitro groups is 1. The van der Waals surface area contributed by atoms with Crippen molar-refractivity contribution in [3.8, 4) is 0 Å². The summed E-state index contributed by atoms with van der Waals surface area (Å²) in [5.74, 6) is -1.96. The van der Waals surface area contributed by atoms with Crippen LogP contribution in [0, 0.1) is 10.1 Å². The van der Waals surface area contributed by atoms with Crippen molar-refractivity contribution < 1.29 is 24.0 Å². The van der Waals surface area contributed by atoms with Gasteiger partial charge in [-0.1, -0.05) is 31.8 Å². The number of hydrogen-bond acceptors (Lipinski definition) is 7. The number of hydrogen-bond donors (Lipinski definition) is 1. The van der Waals surface area contributed by atoms with E-state index in [4.69, 9.17) is 9.47 Å². The van der Waals surface area contributed by atoms with Gasteiger partial charge in [-0.2, -0.15) is 0 Å². The number of nitrogens with one attached hydrogen (secondary N) is 1. The van der Waals surface area contributed by atoms with Gasteiger partial charge in [0, 0.05) is 23.5 Å². The van der Waals surface area contributed by atoms with Gasteiger partial charge in [-0.3, -0.25) is 10.1 Å². The molecule has 0 saturated carbocycles. The predicted octanol–water partition coefficient (Wildman–Crippen LogP) is 3.81. The second kappa shape index (κ2) is 9.25. The van der Waals surface area contributed by atoms with E-state index in [1.54, 1.807) is 26.8 Å². The molecule has 8 nitrogen and oxygen atoms in total. The third-order valence-corrected chi connectivity index (χ3v) is 5.54. The third kappa shape index (κ3) is 5.35. The molecule has 0 spiro atoms. The Kier molecular flexibility index (Phi) is 7.19. The highest BCUT2D eigenvalue weighted by molar-refractivity contribution is 6.76. The van der Waals surface area contributed by atoms with Gasteiger partial charge in [-0.05, 0) is 26.3 Å². The lowest BCUT2D eigenvalue weighted by Crippen LogP contribution is -2.35. The number of non-ortho nitro benzene ring substituents is 1. The zero-order chi connectivity index (χ0) is 22.6. The molecule has 0 bridgehead atoms. The molecule has 30 heavy (non-hydrogen) atoms. The van der Waals surface area contributed by atoms with Crippen LogP contribution < -0.4 is 5.32 Å². The van der Waals surface area contributed by atoms with Crippen LogP contribution in [0.3, 0.4) is 0 Å². The van der Waals surface area contributed by atoms with Crippen LogP contribution in [0.5, 0.6) is 0 Å². The number of dihydropyridines is 1. The van der Waals surface area contributed by atoms with Crippen LogP contribution in [0.25, 0.3) is 0 Å². The maximum Gasteiger partial charge on any atom is 0.336 e. The minimum Gasteiger partial charge on any atom is -0.466 e. The van der Waals surface area contributed by atoms with Crippen LogP contribution in [-0.4, -0.2) is 37.8 Å². The van der Waals surface area contributed by atoms with E-state index in [0.29, 0.717) is 23.2 Å². The quantitative estimate of drug-likeness (QED) is 0.302. The van der Waals surface area contributed by atoms with Gasteiger partial charge in [-0.25, -0.2) is 9.59 Å². The van der Waals surface area contributed by atoms with Gasteiger partial charge in [0.15, 0.2) is 0 Å². The van der Waals surface area contributed by atoms with Crippen molar-refractivity contribution in [1.29, 1.82) is 0 Å². The van der Waals surface area contributed by atoms with Gasteiger partial charge in [0.05, 0.1) is 42.9 Å². The lowest BCUT2D eigenvalue weighted by molar-refractivity contribution is -0.384. The lowest BCUT2D eigenvalue weighted by atomic mass is 9.80. The summed E-state index contributed by atoms with van der Waals surface area (Å²) < 4.78 is 10.8. The van der Waals surface area contributed by atoms with E-state index in [0.717, 1.165) is 0 Å². The summed E-state index contributed by atoms with van der Waals surface area (Å²) in [6, 6.07) is 5.94. The van der Waals surface area contributed by atoms with Crippen LogP contribution in [0.4, 0.5) is 5.69 Å². The number of nitro benzene ring substituents is 1. The molecule has 9 heteroatoms. The number of nitrogens with zero attached hydrogens (tertiary/aromatic N) is 1. The Morgan fingerprint density at radius 3 is 2.17 bits per heavy atom. The van der Waals surface area contributed by atoms with Crippen molar-refractivity contribution in [2.24, 2.45) is 0 Å². The minimum atomic E-state index is -1.67. The molecule has 0 amide bonds. The first kappa shape index (κ1) is 23.3. The molecule has 1 atom stereocenters. The fourth-order valence-corrected chi connectivity index (χ4v) is 3.82. The Hall–Kier alpha value is -2.94. The molecule has 0 aromatic heterocycles. The van der Waals surface area contributed by atoms with Gasteiger partial charge < -0.3 is 14.8 Å². The van der Waals surface area contributed by atoms with E-state index in [2.05, 4.69) is 25.0 Å². The Morgan fingerprint density at radius 2 is 1.67 bits per heavy atom. The SMILES string of the molecule is CCOC(=O)C1=C(C)NC(C)=C(C(=O)OC[Si](C)(C)C)C1c1cccc([N+](=O)[O-])c1. The van der Waals surface area contributed by atoms with Crippen LogP contribution in [0.15, 0.2) is 46.8 Å². The molecule has 1 heterocycles. The van der Waals surface area contributed by atoms with Crippen molar-refractivity contribution >= 4 is 25.7 Å². The van der Waals surface area contributed by atoms with Crippen molar-refractivity contribution in [3.63, 3.8) is 0 Å². The average Bonchev–Trinajstić information content (AvgIpc) is 2.65. The van der Waals surface area contributed by atoms with Gasteiger partial charge in [0.1, 0.15) is 0 Å². The Morgan fingerprint density at radius 1 is 1.10 bits per heavy atom. The van der Waals surface area contributed by atoms with E-state index in [9.17, 15) is 19.7 Å². The van der Waals surface area contributed by atoms with Crippen molar-refractivity contribution in [3.05, 3.63) is 62.5 Å². The number of allylic oxidation sites excluding steroid dienone is 2. The molecule has 1 N–H and O–H groups in total. The zero-order valence-electron chi connectivity index (χ0n) is 18.2. The number of ether oxygens (including phenoxy) is 2. The summed E-state index contributed by atoms with van der Waals surface area (Å²) in [5, 5.41) is 14.4. The molecule has 1 aromatic rings. The smallest absolute Gasteiger partial charge is 0.336 e. The molecule has 0 saturated heterocycles. The Balaban J connectivity index is 2.62. The van der Waals surface area contributed by atoms with Gasteiger partial charge in [0.2, 0.25) is 0 Å². The largest absolute Gasteiger partial charge is 0.466 e. The second-order valence-electron chi connectivity index (χ2n) is 8.34. The minimum absolute atomic E-state index is 0.126. The van der Waals surface area contributed by atoms with Gasteiger partial charge in [-0.15, -0.1) is 0 Å². The fraction of sp³-hybridized carbons (Fsp3) is 0.429. The monoisotopic (exact) mass is 432 g/mol. The van der Waals surface area contributed by atoms with Gasteiger partial charge >= 0.3 is 11.9 Å². The average molecular weight is 433 g/mol. The molecule has 2 rings (SSSR count). The molecular weight excluding hydrogens is 404 g/mol. The molecule has 0 fully saturated rings. The van der Waals surface area contributed by atoms with Crippen LogP contribution in [-0.2, 0) is 19.1 Å². The topological polar surface area (TPSA) is 108 Å². The van der Waals surface area contributed by atoms with E-state index in [1.165, 1.54) is 18.2 Å². The molecule has 0 aliphatic carbocycles. The highest BCUT2D eigenvalue weighted by Gasteiger charge is 2.38. The van der Waals surface area contributed by atoms with Crippen LogP contribution in [0.1, 0.15) is 32.3 Å². The van der Waals surface area contributed by atoms with E-state index >= 15 is 0 Å². The number of rotatable bonds is 7. The predicted molar refractivity (Wildman–Crippen MR) is 115 cm³/mol. The Labute approximate surface area is 177 Å². The molecular formula is C21H28N2O6Si. The van der Waals surface area contributed by atoms with E-state index < -0.39 is 30.9 Å². The van der Waals surface area contributed by atoms with Crippen molar-refractivity contribution in [2.45, 2.75) is 46.3 Å². The summed E-state index contributed by atoms with van der Waals surface area (Å²) in [6.45, 7) is 11.5. The molecule has 1 unspecified atom stereocenters. The number of benzene rings is 1. The molecule has 162 valence electrons. The van der Waals surface area contributed by atoms with Crippen LogP contribution in [0.2, 0.25) is 19.6 Å². The van der Waals surface area contributed by atoms with Crippen LogP contribution >= 0.6 is 0 Å². The van der Waals surface area contributed by atoms with Gasteiger partial charge in [0.25, 0.3) is 5.69 Å². The van der Waals surface area contributed by atoms with Crippen molar-refractivity contribution in [1.82, 2.24) is 5.32 Å². The first-order chi connectivity index (χ1) is 14.0. The third-order valence-electron chi connectivity index (χ3n) is 4.53. The zero-order valence-corrected chi connectivity index (χ0v) is 19.2. The van der Waals surface area contributed by atoms with E-state index in [-0.39, 0.29) is 23.4 Å². The van der Waals surface area contributed by atoms with Crippen molar-refractivity contribution in [2.75, 3.05) is 12.8 Å². The second-order valence-corrected chi connectivity index (χ2v) is 13.8. The maximum absolute atomic E-state index is 13.1. The Bertz CT molecular complexity index is 930. The molecule has 0 radical (unpaired) electrons. The summed E-state index contributed by atoms with van der Waals surface area (Å²) in [6.07, 6.45) is 0.321. The number of carbonyl (C=O) groups is 2. The highest BCUT2D eigenvalue weighted by Crippen LogP contribution is 2.40. The molecule has 1 aliphatic rings. The molecule has 1 aromatic carbocycles. The number of esters is 2. The first-order valence-electron chi connectivity index (χ1n) is 9.73. The standard InChI is InChI=1S/C21H28N2O6Si/c1-7-28-20(24)17-13(2)22-14(3)18(21(25)29-12-30(4,5)6)19(17)15-9-8-10-16(11-15)23(26)27/h8-11,19,22H,7,12H2,1-6H3. The summed E-state index contributed by atoms with van der Waals surface area (Å²) in [7, 11) is -1.67. The summed E-state index contributed by atoms with van der Waals surface area (Å²) >= 11 is 0. The summed E-state index contributed by atoms with van der Waals surface area (Å²) in [5.41, 5.74) is 1.89. The number of carbonyl (C=O) groups excluding carboxylic acids is 2. The first-order valence-corrected chi connectivity index (χ1v) is 13.4. The van der Waals surface area contributed by atoms with E-state index in [1.807, 2.05) is 0 Å². The fourth-order valence-electron chi connectivity index (χ4n) is 3.26. The lowest BCUT2D eigenvalue weighted by Gasteiger charge is -2.31.